The van der Waals surface area contributed by atoms with Crippen LogP contribution in [0.1, 0.15) is 13.3 Å². The van der Waals surface area contributed by atoms with Gasteiger partial charge in [0.15, 0.2) is 0 Å². The number of sulfonamides is 1. The first-order valence-corrected chi connectivity index (χ1v) is 8.89. The van der Waals surface area contributed by atoms with Crippen LogP contribution in [0.25, 0.3) is 0 Å². The Labute approximate surface area is 129 Å². The van der Waals surface area contributed by atoms with E-state index in [1.54, 1.807) is 48.5 Å². The number of para-hydroxylation sites is 1. The monoisotopic (exact) mass is 323 g/mol. The lowest BCUT2D eigenvalue weighted by Gasteiger charge is -2.11. The lowest BCUT2D eigenvalue weighted by molar-refractivity contribution is 0.462. The van der Waals surface area contributed by atoms with Crippen LogP contribution in [0.4, 0.5) is 0 Å². The topological polar surface area (TPSA) is 66.4 Å². The van der Waals surface area contributed by atoms with Crippen LogP contribution in [0.3, 0.4) is 0 Å². The summed E-state index contributed by atoms with van der Waals surface area (Å²) in [6.45, 7) is 2.31. The molecule has 0 atom stereocenters. The van der Waals surface area contributed by atoms with Gasteiger partial charge in [0, 0.05) is 11.4 Å². The fraction of sp³-hybridized carbons (Fsp3) is 0.200. The molecule has 2 aromatic rings. The van der Waals surface area contributed by atoms with E-state index in [1.165, 1.54) is 11.8 Å². The largest absolute Gasteiger partial charge is 0.507 e. The van der Waals surface area contributed by atoms with E-state index >= 15 is 0 Å². The van der Waals surface area contributed by atoms with Crippen molar-refractivity contribution in [2.45, 2.75) is 28.0 Å². The van der Waals surface area contributed by atoms with Crippen LogP contribution in [0.5, 0.6) is 5.75 Å². The number of hydrogen-bond acceptors (Lipinski definition) is 4. The number of phenolic OH excluding ortho intramolecular Hbond substituents is 1. The summed E-state index contributed by atoms with van der Waals surface area (Å²) >= 11 is 1.23. The van der Waals surface area contributed by atoms with Crippen LogP contribution >= 0.6 is 11.8 Å². The lowest BCUT2D eigenvalue weighted by atomic mass is 10.3. The minimum absolute atomic E-state index is 0.135. The van der Waals surface area contributed by atoms with Crippen molar-refractivity contribution in [1.82, 2.24) is 4.72 Å². The molecule has 2 N–H and O–H groups in total. The van der Waals surface area contributed by atoms with Crippen molar-refractivity contribution in [3.05, 3.63) is 48.5 Å². The quantitative estimate of drug-likeness (QED) is 0.856. The van der Waals surface area contributed by atoms with Gasteiger partial charge >= 0.3 is 0 Å². The average molecular weight is 323 g/mol. The molecule has 0 radical (unpaired) electrons. The molecule has 21 heavy (non-hydrogen) atoms. The average Bonchev–Trinajstić information content (AvgIpc) is 2.48. The zero-order valence-electron chi connectivity index (χ0n) is 11.6. The molecular formula is C15H17NO3S2. The van der Waals surface area contributed by atoms with Crippen molar-refractivity contribution < 1.29 is 13.5 Å². The third-order valence-electron chi connectivity index (χ3n) is 2.77. The first-order chi connectivity index (χ1) is 10.0. The van der Waals surface area contributed by atoms with E-state index < -0.39 is 10.0 Å². The highest BCUT2D eigenvalue weighted by atomic mass is 32.2. The summed E-state index contributed by atoms with van der Waals surface area (Å²) in [4.78, 5) is 1.44. The molecule has 2 rings (SSSR count). The normalized spacial score (nSPS) is 11.5. The molecule has 112 valence electrons. The summed E-state index contributed by atoms with van der Waals surface area (Å²) < 4.78 is 27.2. The molecule has 0 aliphatic rings. The van der Waals surface area contributed by atoms with E-state index in [0.717, 1.165) is 6.42 Å². The van der Waals surface area contributed by atoms with Gasteiger partial charge in [-0.05, 0) is 30.7 Å². The first kappa shape index (κ1) is 15.9. The maximum absolute atomic E-state index is 12.3. The van der Waals surface area contributed by atoms with Gasteiger partial charge in [0.2, 0.25) is 10.0 Å². The number of rotatable bonds is 6. The predicted octanol–water partition coefficient (Wildman–Crippen LogP) is 3.23. The van der Waals surface area contributed by atoms with Gasteiger partial charge in [-0.15, -0.1) is 0 Å². The number of nitrogens with one attached hydrogen (secondary N) is 1. The Morgan fingerprint density at radius 3 is 2.33 bits per heavy atom. The smallest absolute Gasteiger partial charge is 0.241 e. The fourth-order valence-corrected chi connectivity index (χ4v) is 4.28. The number of hydrogen-bond donors (Lipinski definition) is 2. The summed E-state index contributed by atoms with van der Waals surface area (Å²) in [7, 11) is -3.54. The summed E-state index contributed by atoms with van der Waals surface area (Å²) in [6, 6.07) is 13.6. The molecule has 0 spiro atoms. The van der Waals surface area contributed by atoms with E-state index in [9.17, 15) is 13.5 Å². The Balaban J connectivity index is 2.36. The Kier molecular flexibility index (Phi) is 5.27. The Bertz CT molecular complexity index is 714. The molecule has 0 unspecified atom stereocenters. The van der Waals surface area contributed by atoms with Gasteiger partial charge < -0.3 is 5.11 Å². The standard InChI is InChI=1S/C15H17NO3S2/c1-2-11-16-21(18,19)15-10-6-5-9-14(15)20-13-8-4-3-7-12(13)17/h3-10,16-17H,2,11H2,1H3. The van der Waals surface area contributed by atoms with Gasteiger partial charge in [0.05, 0.1) is 9.79 Å². The van der Waals surface area contributed by atoms with Crippen LogP contribution in [0.2, 0.25) is 0 Å². The number of aromatic hydroxyl groups is 1. The van der Waals surface area contributed by atoms with Crippen LogP contribution in [0.15, 0.2) is 63.2 Å². The molecule has 0 saturated carbocycles. The molecule has 6 heteroatoms. The second-order valence-corrected chi connectivity index (χ2v) is 7.23. The van der Waals surface area contributed by atoms with Gasteiger partial charge in [-0.1, -0.05) is 43.0 Å². The molecule has 0 heterocycles. The maximum Gasteiger partial charge on any atom is 0.241 e. The Morgan fingerprint density at radius 1 is 1.05 bits per heavy atom. The van der Waals surface area contributed by atoms with Crippen molar-refractivity contribution in [3.8, 4) is 5.75 Å². The number of phenols is 1. The van der Waals surface area contributed by atoms with E-state index in [1.807, 2.05) is 6.92 Å². The SMILES string of the molecule is CCCNS(=O)(=O)c1ccccc1Sc1ccccc1O. The summed E-state index contributed by atoms with van der Waals surface area (Å²) in [5.74, 6) is 0.135. The van der Waals surface area contributed by atoms with Crippen LogP contribution < -0.4 is 4.72 Å². The van der Waals surface area contributed by atoms with Crippen molar-refractivity contribution in [1.29, 1.82) is 0 Å². The van der Waals surface area contributed by atoms with E-state index in [0.29, 0.717) is 16.3 Å². The van der Waals surface area contributed by atoms with Crippen molar-refractivity contribution >= 4 is 21.8 Å². The molecule has 0 aliphatic carbocycles. The number of benzene rings is 2. The zero-order chi connectivity index (χ0) is 15.3. The van der Waals surface area contributed by atoms with E-state index in [2.05, 4.69) is 4.72 Å². The van der Waals surface area contributed by atoms with Crippen LogP contribution in [-0.2, 0) is 10.0 Å². The van der Waals surface area contributed by atoms with Crippen LogP contribution in [0, 0.1) is 0 Å². The van der Waals surface area contributed by atoms with Crippen molar-refractivity contribution in [2.24, 2.45) is 0 Å². The van der Waals surface area contributed by atoms with Gasteiger partial charge in [-0.2, -0.15) is 0 Å². The molecular weight excluding hydrogens is 306 g/mol. The molecule has 0 bridgehead atoms. The van der Waals surface area contributed by atoms with Gasteiger partial charge in [-0.3, -0.25) is 0 Å². The summed E-state index contributed by atoms with van der Waals surface area (Å²) in [5.41, 5.74) is 0. The second-order valence-electron chi connectivity index (χ2n) is 4.41. The molecule has 2 aromatic carbocycles. The summed E-state index contributed by atoms with van der Waals surface area (Å²) in [6.07, 6.45) is 0.730. The van der Waals surface area contributed by atoms with Gasteiger partial charge in [0.1, 0.15) is 5.75 Å². The maximum atomic E-state index is 12.3. The van der Waals surface area contributed by atoms with Crippen LogP contribution in [-0.4, -0.2) is 20.1 Å². The van der Waals surface area contributed by atoms with E-state index in [-0.39, 0.29) is 10.6 Å². The Morgan fingerprint density at radius 2 is 1.67 bits per heavy atom. The fourth-order valence-electron chi connectivity index (χ4n) is 1.73. The third kappa shape index (κ3) is 4.00. The summed E-state index contributed by atoms with van der Waals surface area (Å²) in [5, 5.41) is 9.82. The minimum Gasteiger partial charge on any atom is -0.507 e. The third-order valence-corrected chi connectivity index (χ3v) is 5.56. The van der Waals surface area contributed by atoms with E-state index in [4.69, 9.17) is 0 Å². The van der Waals surface area contributed by atoms with Gasteiger partial charge in [-0.25, -0.2) is 13.1 Å². The van der Waals surface area contributed by atoms with Crippen molar-refractivity contribution in [2.75, 3.05) is 6.54 Å². The van der Waals surface area contributed by atoms with Crippen molar-refractivity contribution in [3.63, 3.8) is 0 Å². The van der Waals surface area contributed by atoms with Gasteiger partial charge in [0.25, 0.3) is 0 Å². The first-order valence-electron chi connectivity index (χ1n) is 6.59. The molecule has 0 aliphatic heterocycles. The highest BCUT2D eigenvalue weighted by Gasteiger charge is 2.18. The molecule has 4 nitrogen and oxygen atoms in total. The molecule has 0 fully saturated rings. The zero-order valence-corrected chi connectivity index (χ0v) is 13.2. The molecule has 0 amide bonds. The highest BCUT2D eigenvalue weighted by Crippen LogP contribution is 2.37. The minimum atomic E-state index is -3.54. The Hall–Kier alpha value is -1.50. The second kappa shape index (κ2) is 6.98. The lowest BCUT2D eigenvalue weighted by Crippen LogP contribution is -2.24. The molecule has 0 aromatic heterocycles. The predicted molar refractivity (Wildman–Crippen MR) is 84.2 cm³/mol. The highest BCUT2D eigenvalue weighted by molar-refractivity contribution is 8.00. The molecule has 0 saturated heterocycles.